The maximum absolute atomic E-state index is 13.4. The number of rotatable bonds is 2. The van der Waals surface area contributed by atoms with Gasteiger partial charge in [0.15, 0.2) is 0 Å². The highest BCUT2D eigenvalue weighted by molar-refractivity contribution is 5.92. The summed E-state index contributed by atoms with van der Waals surface area (Å²) < 4.78 is 13.4. The first kappa shape index (κ1) is 12.1. The molecule has 0 aliphatic carbocycles. The van der Waals surface area contributed by atoms with Crippen molar-refractivity contribution in [1.82, 2.24) is 0 Å². The molecule has 0 fully saturated rings. The van der Waals surface area contributed by atoms with Crippen LogP contribution in [0, 0.1) is 12.7 Å². The van der Waals surface area contributed by atoms with Crippen LogP contribution in [0.3, 0.4) is 0 Å². The molecule has 2 N–H and O–H groups in total. The Kier molecular flexibility index (Phi) is 3.02. The first-order valence-electron chi connectivity index (χ1n) is 5.32. The first-order valence-corrected chi connectivity index (χ1v) is 5.32. The number of carboxylic acid groups (broad SMARTS) is 1. The lowest BCUT2D eigenvalue weighted by Gasteiger charge is -2.08. The molecular formula is C14H11FO3. The maximum atomic E-state index is 13.4. The summed E-state index contributed by atoms with van der Waals surface area (Å²) in [6.07, 6.45) is 0. The van der Waals surface area contributed by atoms with Crippen LogP contribution in [0.1, 0.15) is 15.9 Å². The zero-order valence-electron chi connectivity index (χ0n) is 9.64. The monoisotopic (exact) mass is 246 g/mol. The number of hydrogen-bond acceptors (Lipinski definition) is 2. The molecule has 0 aliphatic heterocycles. The van der Waals surface area contributed by atoms with Crippen molar-refractivity contribution in [2.75, 3.05) is 0 Å². The maximum Gasteiger partial charge on any atom is 0.339 e. The topological polar surface area (TPSA) is 57.5 Å². The van der Waals surface area contributed by atoms with Crippen LogP contribution in [0.2, 0.25) is 0 Å². The summed E-state index contributed by atoms with van der Waals surface area (Å²) in [5.74, 6) is -1.87. The Morgan fingerprint density at radius 2 is 1.94 bits per heavy atom. The summed E-state index contributed by atoms with van der Waals surface area (Å²) in [4.78, 5) is 10.9. The molecule has 0 atom stereocenters. The fourth-order valence-electron chi connectivity index (χ4n) is 1.80. The van der Waals surface area contributed by atoms with E-state index in [9.17, 15) is 14.3 Å². The van der Waals surface area contributed by atoms with E-state index in [-0.39, 0.29) is 17.1 Å². The molecule has 3 nitrogen and oxygen atoms in total. The third-order valence-electron chi connectivity index (χ3n) is 2.81. The Balaban J connectivity index is 2.62. The molecule has 4 heteroatoms. The van der Waals surface area contributed by atoms with Gasteiger partial charge in [-0.3, -0.25) is 0 Å². The Hall–Kier alpha value is -2.36. The van der Waals surface area contributed by atoms with Crippen molar-refractivity contribution in [1.29, 1.82) is 0 Å². The molecule has 0 heterocycles. The quantitative estimate of drug-likeness (QED) is 0.855. The number of aromatic hydroxyl groups is 1. The summed E-state index contributed by atoms with van der Waals surface area (Å²) in [6, 6.07) is 8.80. The highest BCUT2D eigenvalue weighted by Gasteiger charge is 2.12. The van der Waals surface area contributed by atoms with Gasteiger partial charge in [0.25, 0.3) is 0 Å². The molecule has 0 saturated carbocycles. The third kappa shape index (κ3) is 2.05. The van der Waals surface area contributed by atoms with Gasteiger partial charge in [0, 0.05) is 0 Å². The van der Waals surface area contributed by atoms with E-state index in [1.165, 1.54) is 18.2 Å². The summed E-state index contributed by atoms with van der Waals surface area (Å²) >= 11 is 0. The van der Waals surface area contributed by atoms with Crippen LogP contribution in [0.4, 0.5) is 4.39 Å². The number of benzene rings is 2. The predicted molar refractivity (Wildman–Crippen MR) is 65.2 cm³/mol. The van der Waals surface area contributed by atoms with E-state index < -0.39 is 5.97 Å². The number of carboxylic acids is 1. The smallest absolute Gasteiger partial charge is 0.339 e. The molecule has 0 aliphatic rings. The number of phenols is 1. The van der Waals surface area contributed by atoms with E-state index in [4.69, 9.17) is 5.11 Å². The highest BCUT2D eigenvalue weighted by atomic mass is 19.1. The van der Waals surface area contributed by atoms with Crippen LogP contribution < -0.4 is 0 Å². The zero-order chi connectivity index (χ0) is 13.3. The number of aromatic carboxylic acids is 1. The molecule has 0 aromatic heterocycles. The Morgan fingerprint density at radius 1 is 1.22 bits per heavy atom. The third-order valence-corrected chi connectivity index (χ3v) is 2.81. The van der Waals surface area contributed by atoms with Gasteiger partial charge in [0.2, 0.25) is 0 Å². The first-order chi connectivity index (χ1) is 8.50. The molecule has 18 heavy (non-hydrogen) atoms. The molecule has 0 bridgehead atoms. The van der Waals surface area contributed by atoms with E-state index in [1.54, 1.807) is 25.1 Å². The average molecular weight is 246 g/mol. The van der Waals surface area contributed by atoms with Crippen LogP contribution in [0.15, 0.2) is 36.4 Å². The fourth-order valence-corrected chi connectivity index (χ4v) is 1.80. The van der Waals surface area contributed by atoms with E-state index in [0.29, 0.717) is 16.7 Å². The van der Waals surface area contributed by atoms with Crippen LogP contribution in [-0.2, 0) is 0 Å². The Morgan fingerprint density at radius 3 is 2.61 bits per heavy atom. The van der Waals surface area contributed by atoms with Gasteiger partial charge in [0.05, 0.1) is 0 Å². The van der Waals surface area contributed by atoms with Crippen molar-refractivity contribution in [3.05, 3.63) is 53.3 Å². The van der Waals surface area contributed by atoms with Crippen LogP contribution in [0.25, 0.3) is 11.1 Å². The second kappa shape index (κ2) is 4.49. The predicted octanol–water partition coefficient (Wildman–Crippen LogP) is 3.20. The second-order valence-electron chi connectivity index (χ2n) is 3.95. The largest absolute Gasteiger partial charge is 0.507 e. The van der Waals surface area contributed by atoms with Crippen LogP contribution in [-0.4, -0.2) is 16.2 Å². The lowest BCUT2D eigenvalue weighted by molar-refractivity contribution is 0.0694. The minimum atomic E-state index is -1.22. The molecule has 92 valence electrons. The van der Waals surface area contributed by atoms with Crippen molar-refractivity contribution < 1.29 is 19.4 Å². The summed E-state index contributed by atoms with van der Waals surface area (Å²) in [5, 5.41) is 18.3. The zero-order valence-corrected chi connectivity index (χ0v) is 9.64. The SMILES string of the molecule is Cc1c(F)cccc1-c1ccc(O)c(C(=O)O)c1. The van der Waals surface area contributed by atoms with Gasteiger partial charge >= 0.3 is 5.97 Å². The van der Waals surface area contributed by atoms with Crippen molar-refractivity contribution in [3.63, 3.8) is 0 Å². The van der Waals surface area contributed by atoms with E-state index in [2.05, 4.69) is 0 Å². The van der Waals surface area contributed by atoms with Crippen molar-refractivity contribution >= 4 is 5.97 Å². The second-order valence-corrected chi connectivity index (χ2v) is 3.95. The molecule has 0 unspecified atom stereocenters. The number of carbonyl (C=O) groups is 1. The van der Waals surface area contributed by atoms with E-state index in [0.717, 1.165) is 0 Å². The molecule has 0 amide bonds. The molecule has 2 rings (SSSR count). The van der Waals surface area contributed by atoms with Crippen LogP contribution in [0.5, 0.6) is 5.75 Å². The van der Waals surface area contributed by atoms with Gasteiger partial charge in [-0.25, -0.2) is 9.18 Å². The van der Waals surface area contributed by atoms with Gasteiger partial charge in [-0.15, -0.1) is 0 Å². The molecular weight excluding hydrogens is 235 g/mol. The average Bonchev–Trinajstić information content (AvgIpc) is 2.33. The number of hydrogen-bond donors (Lipinski definition) is 2. The molecule has 0 spiro atoms. The minimum Gasteiger partial charge on any atom is -0.507 e. The van der Waals surface area contributed by atoms with Gasteiger partial charge in [0.1, 0.15) is 17.1 Å². The van der Waals surface area contributed by atoms with Gasteiger partial charge in [-0.05, 0) is 41.8 Å². The number of halogens is 1. The van der Waals surface area contributed by atoms with Gasteiger partial charge in [-0.2, -0.15) is 0 Å². The summed E-state index contributed by atoms with van der Waals surface area (Å²) in [6.45, 7) is 1.62. The lowest BCUT2D eigenvalue weighted by atomic mass is 9.98. The van der Waals surface area contributed by atoms with E-state index in [1.807, 2.05) is 0 Å². The summed E-state index contributed by atoms with van der Waals surface area (Å²) in [5.41, 5.74) is 1.41. The fraction of sp³-hybridized carbons (Fsp3) is 0.0714. The van der Waals surface area contributed by atoms with Crippen molar-refractivity contribution in [2.24, 2.45) is 0 Å². The Bertz CT molecular complexity index is 620. The molecule has 2 aromatic carbocycles. The lowest BCUT2D eigenvalue weighted by Crippen LogP contribution is -1.97. The highest BCUT2D eigenvalue weighted by Crippen LogP contribution is 2.29. The van der Waals surface area contributed by atoms with Gasteiger partial charge < -0.3 is 10.2 Å². The van der Waals surface area contributed by atoms with Crippen LogP contribution >= 0.6 is 0 Å². The molecule has 0 saturated heterocycles. The molecule has 2 aromatic rings. The Labute approximate surface area is 103 Å². The minimum absolute atomic E-state index is 0.198. The van der Waals surface area contributed by atoms with Crippen molar-refractivity contribution in [3.8, 4) is 16.9 Å². The summed E-state index contributed by atoms with van der Waals surface area (Å²) in [7, 11) is 0. The normalized spacial score (nSPS) is 10.3. The van der Waals surface area contributed by atoms with Crippen molar-refractivity contribution in [2.45, 2.75) is 6.92 Å². The van der Waals surface area contributed by atoms with E-state index >= 15 is 0 Å². The molecule has 0 radical (unpaired) electrons. The standard InChI is InChI=1S/C14H11FO3/c1-8-10(3-2-4-12(8)15)9-5-6-13(16)11(7-9)14(17)18/h2-7,16H,1H3,(H,17,18). The van der Waals surface area contributed by atoms with Gasteiger partial charge in [-0.1, -0.05) is 18.2 Å².